The Morgan fingerprint density at radius 1 is 1.17 bits per heavy atom. The van der Waals surface area contributed by atoms with Crippen LogP contribution >= 0.6 is 0 Å². The van der Waals surface area contributed by atoms with E-state index < -0.39 is 0 Å². The zero-order chi connectivity index (χ0) is 8.55. The lowest BCUT2D eigenvalue weighted by Gasteiger charge is -2.05. The standard InChI is InChI=1S/C11H10O/c1-2-8-3-4-9-7-10(12)5-6-11(8)9/h3-7H,2H2,1H3. The zero-order valence-electron chi connectivity index (χ0n) is 7.00. The summed E-state index contributed by atoms with van der Waals surface area (Å²) in [7, 11) is 0. The number of rotatable bonds is 1. The molecule has 2 aliphatic rings. The molecule has 0 atom stereocenters. The molecule has 0 unspecified atom stereocenters. The fraction of sp³-hybridized carbons (Fsp3) is 0.182. The van der Waals surface area contributed by atoms with Crippen LogP contribution in [0.5, 0.6) is 0 Å². The molecule has 0 aromatic rings. The van der Waals surface area contributed by atoms with Crippen LogP contribution in [0, 0.1) is 0 Å². The second-order valence-corrected chi connectivity index (χ2v) is 2.96. The van der Waals surface area contributed by atoms with Crippen LogP contribution in [-0.2, 0) is 4.79 Å². The van der Waals surface area contributed by atoms with E-state index in [4.69, 9.17) is 0 Å². The summed E-state index contributed by atoms with van der Waals surface area (Å²) in [4.78, 5) is 11.0. The van der Waals surface area contributed by atoms with Crippen LogP contribution in [0.4, 0.5) is 0 Å². The molecule has 0 spiro atoms. The summed E-state index contributed by atoms with van der Waals surface area (Å²) in [5.74, 6) is 0.0933. The topological polar surface area (TPSA) is 17.1 Å². The number of carbonyl (C=O) groups excluding carboxylic acids is 1. The van der Waals surface area contributed by atoms with E-state index in [9.17, 15) is 4.79 Å². The first-order valence-corrected chi connectivity index (χ1v) is 4.16. The van der Waals surface area contributed by atoms with Crippen molar-refractivity contribution in [1.82, 2.24) is 0 Å². The van der Waals surface area contributed by atoms with Crippen LogP contribution < -0.4 is 0 Å². The van der Waals surface area contributed by atoms with Crippen molar-refractivity contribution >= 4 is 5.78 Å². The Kier molecular flexibility index (Phi) is 1.58. The van der Waals surface area contributed by atoms with Gasteiger partial charge in [-0.3, -0.25) is 4.79 Å². The van der Waals surface area contributed by atoms with E-state index in [1.165, 1.54) is 11.1 Å². The highest BCUT2D eigenvalue weighted by Gasteiger charge is 2.14. The maximum Gasteiger partial charge on any atom is 0.179 e. The number of hydrogen-bond donors (Lipinski definition) is 0. The average molecular weight is 158 g/mol. The first-order valence-electron chi connectivity index (χ1n) is 4.16. The van der Waals surface area contributed by atoms with E-state index >= 15 is 0 Å². The minimum atomic E-state index is 0.0933. The molecule has 0 aliphatic heterocycles. The third kappa shape index (κ3) is 0.981. The fourth-order valence-corrected chi connectivity index (χ4v) is 1.56. The van der Waals surface area contributed by atoms with Gasteiger partial charge in [-0.15, -0.1) is 0 Å². The van der Waals surface area contributed by atoms with Crippen molar-refractivity contribution in [3.63, 3.8) is 0 Å². The van der Waals surface area contributed by atoms with Gasteiger partial charge in [-0.25, -0.2) is 0 Å². The van der Waals surface area contributed by atoms with Gasteiger partial charge in [0.05, 0.1) is 0 Å². The predicted octanol–water partition coefficient (Wildman–Crippen LogP) is 2.33. The Bertz CT molecular complexity index is 351. The summed E-state index contributed by atoms with van der Waals surface area (Å²) in [6, 6.07) is 0. The summed E-state index contributed by atoms with van der Waals surface area (Å²) in [6.45, 7) is 2.12. The molecule has 2 rings (SSSR count). The second-order valence-electron chi connectivity index (χ2n) is 2.96. The van der Waals surface area contributed by atoms with Crippen molar-refractivity contribution in [2.24, 2.45) is 0 Å². The summed E-state index contributed by atoms with van der Waals surface area (Å²) in [5.41, 5.74) is 3.61. The van der Waals surface area contributed by atoms with Crippen molar-refractivity contribution < 1.29 is 4.79 Å². The second kappa shape index (κ2) is 2.59. The van der Waals surface area contributed by atoms with Gasteiger partial charge in [-0.05, 0) is 35.3 Å². The lowest BCUT2D eigenvalue weighted by molar-refractivity contribution is -0.110. The molecule has 0 saturated heterocycles. The number of fused-ring (bicyclic) bond motifs is 1. The molecule has 1 nitrogen and oxygen atoms in total. The quantitative estimate of drug-likeness (QED) is 0.572. The zero-order valence-corrected chi connectivity index (χ0v) is 7.00. The lowest BCUT2D eigenvalue weighted by atomic mass is 9.99. The summed E-state index contributed by atoms with van der Waals surface area (Å²) < 4.78 is 0. The largest absolute Gasteiger partial charge is 0.290 e. The van der Waals surface area contributed by atoms with Crippen LogP contribution in [0.2, 0.25) is 0 Å². The number of ketones is 1. The SMILES string of the molecule is CCC1=C2C=CC(=O)C=C2C=C1. The van der Waals surface area contributed by atoms with E-state index in [0.717, 1.165) is 12.0 Å². The van der Waals surface area contributed by atoms with Crippen molar-refractivity contribution in [1.29, 1.82) is 0 Å². The van der Waals surface area contributed by atoms with Gasteiger partial charge < -0.3 is 0 Å². The maximum atomic E-state index is 11.0. The molecule has 1 heteroatoms. The highest BCUT2D eigenvalue weighted by Crippen LogP contribution is 2.29. The first-order chi connectivity index (χ1) is 5.81. The number of hydrogen-bond acceptors (Lipinski definition) is 1. The number of allylic oxidation sites excluding steroid dienone is 8. The molecule has 0 radical (unpaired) electrons. The molecule has 2 aliphatic carbocycles. The Hall–Kier alpha value is -1.37. The van der Waals surface area contributed by atoms with Gasteiger partial charge in [0.15, 0.2) is 5.78 Å². The van der Waals surface area contributed by atoms with E-state index in [0.29, 0.717) is 0 Å². The first kappa shape index (κ1) is 7.29. The van der Waals surface area contributed by atoms with E-state index in [-0.39, 0.29) is 5.78 Å². The molecule has 0 aromatic heterocycles. The highest BCUT2D eigenvalue weighted by molar-refractivity contribution is 6.03. The van der Waals surface area contributed by atoms with Crippen LogP contribution in [-0.4, -0.2) is 5.78 Å². The third-order valence-electron chi connectivity index (χ3n) is 2.21. The number of carbonyl (C=O) groups is 1. The maximum absolute atomic E-state index is 11.0. The van der Waals surface area contributed by atoms with E-state index in [1.807, 2.05) is 12.2 Å². The molecule has 0 bridgehead atoms. The Labute approximate surface area is 71.8 Å². The molecule has 0 aromatic carbocycles. The van der Waals surface area contributed by atoms with Crippen molar-refractivity contribution in [3.05, 3.63) is 47.1 Å². The summed E-state index contributed by atoms with van der Waals surface area (Å²) in [5, 5.41) is 0. The predicted molar refractivity (Wildman–Crippen MR) is 48.7 cm³/mol. The summed E-state index contributed by atoms with van der Waals surface area (Å²) >= 11 is 0. The minimum Gasteiger partial charge on any atom is -0.290 e. The van der Waals surface area contributed by atoms with Crippen LogP contribution in [0.25, 0.3) is 0 Å². The molecular weight excluding hydrogens is 148 g/mol. The Morgan fingerprint density at radius 2 is 2.00 bits per heavy atom. The molecule has 60 valence electrons. The smallest absolute Gasteiger partial charge is 0.179 e. The normalized spacial score (nSPS) is 20.1. The van der Waals surface area contributed by atoms with Gasteiger partial charge in [0, 0.05) is 0 Å². The molecule has 0 N–H and O–H groups in total. The highest BCUT2D eigenvalue weighted by atomic mass is 16.1. The molecule has 0 amide bonds. The van der Waals surface area contributed by atoms with Gasteiger partial charge >= 0.3 is 0 Å². The average Bonchev–Trinajstić information content (AvgIpc) is 2.46. The summed E-state index contributed by atoms with van der Waals surface area (Å²) in [6.07, 6.45) is 10.4. The molecule has 0 fully saturated rings. The van der Waals surface area contributed by atoms with E-state index in [1.54, 1.807) is 12.2 Å². The van der Waals surface area contributed by atoms with Crippen molar-refractivity contribution in [2.75, 3.05) is 0 Å². The van der Waals surface area contributed by atoms with Gasteiger partial charge in [0.1, 0.15) is 0 Å². The minimum absolute atomic E-state index is 0.0933. The molecular formula is C11H10O. The van der Waals surface area contributed by atoms with Gasteiger partial charge in [0.2, 0.25) is 0 Å². The van der Waals surface area contributed by atoms with E-state index in [2.05, 4.69) is 13.0 Å². The van der Waals surface area contributed by atoms with Gasteiger partial charge in [-0.1, -0.05) is 25.2 Å². The Balaban J connectivity index is 2.48. The third-order valence-corrected chi connectivity index (χ3v) is 2.21. The monoisotopic (exact) mass is 158 g/mol. The lowest BCUT2D eigenvalue weighted by Crippen LogP contribution is -1.96. The fourth-order valence-electron chi connectivity index (χ4n) is 1.56. The Morgan fingerprint density at radius 3 is 2.75 bits per heavy atom. The van der Waals surface area contributed by atoms with Gasteiger partial charge in [-0.2, -0.15) is 0 Å². The van der Waals surface area contributed by atoms with Crippen molar-refractivity contribution in [3.8, 4) is 0 Å². The molecule has 0 saturated carbocycles. The van der Waals surface area contributed by atoms with Gasteiger partial charge in [0.25, 0.3) is 0 Å². The van der Waals surface area contributed by atoms with Crippen LogP contribution in [0.3, 0.4) is 0 Å². The molecule has 0 heterocycles. The van der Waals surface area contributed by atoms with Crippen LogP contribution in [0.15, 0.2) is 47.1 Å². The van der Waals surface area contributed by atoms with Crippen LogP contribution in [0.1, 0.15) is 13.3 Å². The van der Waals surface area contributed by atoms with Crippen molar-refractivity contribution in [2.45, 2.75) is 13.3 Å². The molecule has 12 heavy (non-hydrogen) atoms.